The van der Waals surface area contributed by atoms with Gasteiger partial charge in [-0.05, 0) is 49.3 Å². The monoisotopic (exact) mass is 327 g/mol. The second-order valence-corrected chi connectivity index (χ2v) is 6.17. The molecule has 0 aromatic heterocycles. The van der Waals surface area contributed by atoms with E-state index in [-0.39, 0.29) is 24.1 Å². The molecule has 1 aromatic carbocycles. The van der Waals surface area contributed by atoms with Crippen LogP contribution in [0.25, 0.3) is 0 Å². The number of alkyl halides is 2. The zero-order chi connectivity index (χ0) is 16.8. The lowest BCUT2D eigenvalue weighted by Crippen LogP contribution is -2.35. The van der Waals surface area contributed by atoms with Crippen molar-refractivity contribution in [3.05, 3.63) is 29.8 Å². The predicted octanol–water partition coefficient (Wildman–Crippen LogP) is 3.26. The first-order chi connectivity index (χ1) is 11.0. The molecule has 0 bridgehead atoms. The number of aliphatic hydroxyl groups is 1. The van der Waals surface area contributed by atoms with Gasteiger partial charge in [-0.25, -0.2) is 0 Å². The molecule has 0 heterocycles. The molecule has 128 valence electrons. The van der Waals surface area contributed by atoms with E-state index in [2.05, 4.69) is 17.0 Å². The van der Waals surface area contributed by atoms with Crippen LogP contribution in [-0.4, -0.2) is 24.2 Å². The largest absolute Gasteiger partial charge is 0.435 e. The van der Waals surface area contributed by atoms with Gasteiger partial charge < -0.3 is 15.2 Å². The van der Waals surface area contributed by atoms with E-state index in [4.69, 9.17) is 0 Å². The fourth-order valence-electron chi connectivity index (χ4n) is 2.85. The fourth-order valence-corrected chi connectivity index (χ4v) is 2.85. The van der Waals surface area contributed by atoms with E-state index >= 15 is 0 Å². The number of hydrogen-bond donors (Lipinski definition) is 2. The normalized spacial score (nSPS) is 22.7. The first-order valence-corrected chi connectivity index (χ1v) is 7.96. The van der Waals surface area contributed by atoms with Crippen molar-refractivity contribution < 1.29 is 23.4 Å². The van der Waals surface area contributed by atoms with E-state index < -0.39 is 12.7 Å². The molecule has 6 heteroatoms. The van der Waals surface area contributed by atoms with E-state index in [1.807, 2.05) is 0 Å². The Kier molecular flexibility index (Phi) is 6.33. The third-order valence-corrected chi connectivity index (χ3v) is 4.35. The average molecular weight is 327 g/mol. The Bertz CT molecular complexity index is 499. The molecule has 23 heavy (non-hydrogen) atoms. The van der Waals surface area contributed by atoms with Gasteiger partial charge in [0.2, 0.25) is 5.91 Å². The highest BCUT2D eigenvalue weighted by Gasteiger charge is 2.24. The molecule has 2 N–H and O–H groups in total. The average Bonchev–Trinajstić information content (AvgIpc) is 2.53. The molecule has 1 amide bonds. The van der Waals surface area contributed by atoms with Crippen molar-refractivity contribution in [3.63, 3.8) is 0 Å². The summed E-state index contributed by atoms with van der Waals surface area (Å²) in [4.78, 5) is 12.1. The number of carbonyl (C=O) groups excluding carboxylic acids is 1. The van der Waals surface area contributed by atoms with Crippen LogP contribution in [0.2, 0.25) is 0 Å². The van der Waals surface area contributed by atoms with Crippen molar-refractivity contribution >= 4 is 5.91 Å². The summed E-state index contributed by atoms with van der Waals surface area (Å²) in [5, 5.41) is 12.9. The van der Waals surface area contributed by atoms with Crippen LogP contribution in [0.4, 0.5) is 8.78 Å². The minimum Gasteiger partial charge on any atom is -0.435 e. The Morgan fingerprint density at radius 3 is 2.43 bits per heavy atom. The van der Waals surface area contributed by atoms with E-state index in [0.29, 0.717) is 11.5 Å². The van der Waals surface area contributed by atoms with Gasteiger partial charge in [0.15, 0.2) is 0 Å². The maximum Gasteiger partial charge on any atom is 0.387 e. The minimum absolute atomic E-state index is 0.0198. The van der Waals surface area contributed by atoms with Gasteiger partial charge in [0.1, 0.15) is 5.75 Å². The number of aliphatic hydroxyl groups excluding tert-OH is 1. The van der Waals surface area contributed by atoms with Gasteiger partial charge in [-0.15, -0.1) is 0 Å². The lowest BCUT2D eigenvalue weighted by atomic mass is 9.82. The quantitative estimate of drug-likeness (QED) is 0.843. The van der Waals surface area contributed by atoms with Gasteiger partial charge in [0.25, 0.3) is 0 Å². The number of ether oxygens (including phenoxy) is 1. The number of carbonyl (C=O) groups is 1. The summed E-state index contributed by atoms with van der Waals surface area (Å²) < 4.78 is 28.4. The van der Waals surface area contributed by atoms with E-state index in [0.717, 1.165) is 25.7 Å². The van der Waals surface area contributed by atoms with Crippen LogP contribution < -0.4 is 10.1 Å². The summed E-state index contributed by atoms with van der Waals surface area (Å²) in [6.45, 7) is -0.567. The van der Waals surface area contributed by atoms with Crippen LogP contribution in [0.5, 0.6) is 5.75 Å². The minimum atomic E-state index is -2.87. The Morgan fingerprint density at radius 2 is 1.87 bits per heavy atom. The highest BCUT2D eigenvalue weighted by atomic mass is 19.3. The molecule has 2 rings (SSSR count). The van der Waals surface area contributed by atoms with E-state index in [1.54, 1.807) is 0 Å². The van der Waals surface area contributed by atoms with Crippen LogP contribution in [0.1, 0.15) is 44.3 Å². The maximum absolute atomic E-state index is 12.1. The first-order valence-electron chi connectivity index (χ1n) is 7.96. The van der Waals surface area contributed by atoms with E-state index in [1.165, 1.54) is 24.3 Å². The second kappa shape index (κ2) is 8.24. The van der Waals surface area contributed by atoms with Crippen LogP contribution in [0.15, 0.2) is 24.3 Å². The SMILES string of the molecule is CC1CCC(C(=O)NCC(O)c2ccc(OC(F)F)cc2)CC1. The molecule has 1 aliphatic carbocycles. The highest BCUT2D eigenvalue weighted by molar-refractivity contribution is 5.78. The number of rotatable bonds is 6. The summed E-state index contributed by atoms with van der Waals surface area (Å²) >= 11 is 0. The van der Waals surface area contributed by atoms with Crippen LogP contribution >= 0.6 is 0 Å². The molecule has 4 nitrogen and oxygen atoms in total. The van der Waals surface area contributed by atoms with Crippen molar-refractivity contribution in [1.29, 1.82) is 0 Å². The van der Waals surface area contributed by atoms with Gasteiger partial charge in [-0.2, -0.15) is 8.78 Å². The van der Waals surface area contributed by atoms with Gasteiger partial charge in [-0.3, -0.25) is 4.79 Å². The summed E-state index contributed by atoms with van der Waals surface area (Å²) in [7, 11) is 0. The summed E-state index contributed by atoms with van der Waals surface area (Å²) in [6, 6.07) is 5.76. The van der Waals surface area contributed by atoms with E-state index in [9.17, 15) is 18.7 Å². The number of amides is 1. The van der Waals surface area contributed by atoms with Crippen LogP contribution in [0.3, 0.4) is 0 Å². The molecular formula is C17H23F2NO3. The predicted molar refractivity (Wildman–Crippen MR) is 82.2 cm³/mol. The molecule has 1 atom stereocenters. The van der Waals surface area contributed by atoms with Crippen molar-refractivity contribution in [2.45, 2.75) is 45.3 Å². The van der Waals surface area contributed by atoms with Crippen molar-refractivity contribution in [2.75, 3.05) is 6.54 Å². The topological polar surface area (TPSA) is 58.6 Å². The summed E-state index contributed by atoms with van der Waals surface area (Å²) in [6.07, 6.45) is 3.03. The fraction of sp³-hybridized carbons (Fsp3) is 0.588. The van der Waals surface area contributed by atoms with Crippen molar-refractivity contribution in [3.8, 4) is 5.75 Å². The molecule has 1 aliphatic rings. The molecule has 0 radical (unpaired) electrons. The van der Waals surface area contributed by atoms with Gasteiger partial charge >= 0.3 is 6.61 Å². The Hall–Kier alpha value is -1.69. The molecule has 0 saturated heterocycles. The number of halogens is 2. The maximum atomic E-state index is 12.1. The zero-order valence-electron chi connectivity index (χ0n) is 13.2. The Morgan fingerprint density at radius 1 is 1.26 bits per heavy atom. The standard InChI is InChI=1S/C17H23F2NO3/c1-11-2-4-13(5-3-11)16(22)20-10-15(21)12-6-8-14(9-7-12)23-17(18)19/h6-9,11,13,15,17,21H,2-5,10H2,1H3,(H,20,22). The number of benzene rings is 1. The van der Waals surface area contributed by atoms with Gasteiger partial charge in [0, 0.05) is 12.5 Å². The molecule has 1 fully saturated rings. The first kappa shape index (κ1) is 17.7. The third-order valence-electron chi connectivity index (χ3n) is 4.35. The smallest absolute Gasteiger partial charge is 0.387 e. The molecule has 1 saturated carbocycles. The molecule has 0 aliphatic heterocycles. The molecule has 0 spiro atoms. The highest BCUT2D eigenvalue weighted by Crippen LogP contribution is 2.28. The van der Waals surface area contributed by atoms with Crippen LogP contribution in [0, 0.1) is 11.8 Å². The Labute approximate surface area is 134 Å². The third kappa shape index (κ3) is 5.46. The summed E-state index contributed by atoms with van der Waals surface area (Å²) in [5.41, 5.74) is 0.546. The van der Waals surface area contributed by atoms with Gasteiger partial charge in [0.05, 0.1) is 6.10 Å². The summed E-state index contributed by atoms with van der Waals surface area (Å²) in [5.74, 6) is 0.726. The number of hydrogen-bond acceptors (Lipinski definition) is 3. The van der Waals surface area contributed by atoms with Crippen LogP contribution in [-0.2, 0) is 4.79 Å². The van der Waals surface area contributed by atoms with Gasteiger partial charge in [-0.1, -0.05) is 19.1 Å². The van der Waals surface area contributed by atoms with Crippen molar-refractivity contribution in [1.82, 2.24) is 5.32 Å². The lowest BCUT2D eigenvalue weighted by molar-refractivity contribution is -0.126. The lowest BCUT2D eigenvalue weighted by Gasteiger charge is -2.25. The van der Waals surface area contributed by atoms with Crippen molar-refractivity contribution in [2.24, 2.45) is 11.8 Å². The molecular weight excluding hydrogens is 304 g/mol. The molecule has 1 aromatic rings. The second-order valence-electron chi connectivity index (χ2n) is 6.17. The molecule has 1 unspecified atom stereocenters. The Balaban J connectivity index is 1.79. The number of nitrogens with one attached hydrogen (secondary N) is 1. The zero-order valence-corrected chi connectivity index (χ0v) is 13.2.